The van der Waals surface area contributed by atoms with E-state index < -0.39 is 12.1 Å². The van der Waals surface area contributed by atoms with Crippen molar-refractivity contribution in [3.8, 4) is 22.4 Å². The maximum Gasteiger partial charge on any atom is 0.407 e. The quantitative estimate of drug-likeness (QED) is 0.166. The molecule has 11 nitrogen and oxygen atoms in total. The molecule has 2 aliphatic heterocycles. The Hall–Kier alpha value is -4.67. The molecule has 8 rings (SSSR count). The van der Waals surface area contributed by atoms with Crippen LogP contribution in [0.4, 0.5) is 4.79 Å². The second-order valence-corrected chi connectivity index (χ2v) is 16.9. The maximum atomic E-state index is 13.8. The Morgan fingerprint density at radius 1 is 0.788 bits per heavy atom. The number of ether oxygens (including phenoxy) is 1. The number of hydrogen-bond donors (Lipinski definition) is 3. The topological polar surface area (TPSA) is 136 Å². The fraction of sp³-hybridized carbons (Fsp3) is 0.537. The summed E-state index contributed by atoms with van der Waals surface area (Å²) in [4.78, 5) is 60.4. The minimum absolute atomic E-state index is 0.0111. The molecular weight excluding hydrogens is 654 g/mol. The van der Waals surface area contributed by atoms with Gasteiger partial charge in [-0.2, -0.15) is 0 Å². The molecule has 4 aromatic rings. The highest BCUT2D eigenvalue weighted by molar-refractivity contribution is 5.87. The number of methoxy groups -OCH3 is 1. The summed E-state index contributed by atoms with van der Waals surface area (Å²) in [5, 5.41) is 2.75. The summed E-state index contributed by atoms with van der Waals surface area (Å²) in [5.41, 5.74) is 6.36. The van der Waals surface area contributed by atoms with Crippen LogP contribution in [-0.2, 0) is 14.3 Å². The number of likely N-dealkylation sites (tertiary alicyclic amines) is 2. The molecule has 274 valence electrons. The normalized spacial score (nSPS) is 22.5. The Morgan fingerprint density at radius 2 is 1.38 bits per heavy atom. The maximum absolute atomic E-state index is 13.8. The number of nitrogens with one attached hydrogen (secondary N) is 3. The van der Waals surface area contributed by atoms with E-state index in [0.717, 1.165) is 77.3 Å². The van der Waals surface area contributed by atoms with Gasteiger partial charge in [-0.25, -0.2) is 14.8 Å². The molecule has 2 aromatic carbocycles. The zero-order valence-corrected chi connectivity index (χ0v) is 31.2. The summed E-state index contributed by atoms with van der Waals surface area (Å²) in [6.45, 7) is 11.7. The van der Waals surface area contributed by atoms with E-state index in [0.29, 0.717) is 12.5 Å². The Bertz CT molecular complexity index is 2000. The molecule has 0 bridgehead atoms. The molecule has 2 saturated heterocycles. The van der Waals surface area contributed by atoms with Crippen molar-refractivity contribution in [2.24, 2.45) is 28.6 Å². The highest BCUT2D eigenvalue weighted by atomic mass is 16.5. The molecule has 52 heavy (non-hydrogen) atoms. The van der Waals surface area contributed by atoms with Gasteiger partial charge in [-0.1, -0.05) is 65.0 Å². The number of carbonyl (C=O) groups excluding carboxylic acids is 3. The van der Waals surface area contributed by atoms with Gasteiger partial charge < -0.3 is 29.8 Å². The number of aromatic nitrogens is 4. The average molecular weight is 706 g/mol. The predicted octanol–water partition coefficient (Wildman–Crippen LogP) is 7.40. The van der Waals surface area contributed by atoms with Gasteiger partial charge in [0.25, 0.3) is 0 Å². The fourth-order valence-corrected chi connectivity index (χ4v) is 8.43. The third-order valence-electron chi connectivity index (χ3n) is 12.5. The third-order valence-corrected chi connectivity index (χ3v) is 12.5. The van der Waals surface area contributed by atoms with Crippen molar-refractivity contribution in [3.63, 3.8) is 0 Å². The summed E-state index contributed by atoms with van der Waals surface area (Å²) in [7, 11) is 1.31. The van der Waals surface area contributed by atoms with Gasteiger partial charge in [0.15, 0.2) is 0 Å². The van der Waals surface area contributed by atoms with Crippen LogP contribution in [0.2, 0.25) is 0 Å². The lowest BCUT2D eigenvalue weighted by molar-refractivity contribution is -0.137. The first kappa shape index (κ1) is 34.4. The number of carbonyl (C=O) groups is 3. The van der Waals surface area contributed by atoms with Crippen molar-refractivity contribution in [1.82, 2.24) is 35.1 Å². The number of rotatable bonds is 9. The Morgan fingerprint density at radius 3 is 1.98 bits per heavy atom. The molecule has 3 amide bonds. The zero-order chi connectivity index (χ0) is 36.5. The van der Waals surface area contributed by atoms with Crippen LogP contribution in [0.5, 0.6) is 0 Å². The highest BCUT2D eigenvalue weighted by Crippen LogP contribution is 2.59. The molecule has 0 unspecified atom stereocenters. The molecule has 0 radical (unpaired) electrons. The van der Waals surface area contributed by atoms with Crippen molar-refractivity contribution in [2.75, 3.05) is 20.2 Å². The van der Waals surface area contributed by atoms with Crippen molar-refractivity contribution in [1.29, 1.82) is 0 Å². The van der Waals surface area contributed by atoms with E-state index in [2.05, 4.69) is 83.4 Å². The third kappa shape index (κ3) is 6.26. The molecule has 11 heteroatoms. The van der Waals surface area contributed by atoms with E-state index in [4.69, 9.17) is 14.7 Å². The van der Waals surface area contributed by atoms with Gasteiger partial charge >= 0.3 is 6.09 Å². The molecule has 4 fully saturated rings. The Labute approximate surface area is 305 Å². The van der Waals surface area contributed by atoms with Crippen molar-refractivity contribution in [2.45, 2.75) is 91.3 Å². The first-order valence-corrected chi connectivity index (χ1v) is 19.0. The van der Waals surface area contributed by atoms with E-state index in [1.807, 2.05) is 24.9 Å². The largest absolute Gasteiger partial charge is 0.453 e. The minimum atomic E-state index is -0.673. The van der Waals surface area contributed by atoms with Crippen molar-refractivity contribution < 1.29 is 19.1 Å². The van der Waals surface area contributed by atoms with E-state index >= 15 is 0 Å². The molecule has 3 N–H and O–H groups in total. The van der Waals surface area contributed by atoms with E-state index in [1.54, 1.807) is 0 Å². The number of amides is 3. The Balaban J connectivity index is 0.996. The number of imidazole rings is 2. The highest BCUT2D eigenvalue weighted by Gasteiger charge is 2.56. The number of nitrogens with zero attached hydrogens (tertiary/aromatic N) is 4. The molecule has 2 spiro atoms. The van der Waals surface area contributed by atoms with Gasteiger partial charge in [-0.05, 0) is 90.0 Å². The van der Waals surface area contributed by atoms with Crippen LogP contribution in [0.1, 0.15) is 96.9 Å². The predicted molar refractivity (Wildman–Crippen MR) is 199 cm³/mol. The number of fused-ring (bicyclic) bond motifs is 1. The van der Waals surface area contributed by atoms with Gasteiger partial charge in [0.1, 0.15) is 17.7 Å². The number of aromatic amines is 2. The van der Waals surface area contributed by atoms with E-state index in [1.165, 1.54) is 20.0 Å². The van der Waals surface area contributed by atoms with E-state index in [-0.39, 0.29) is 46.6 Å². The van der Waals surface area contributed by atoms with Gasteiger partial charge in [0.2, 0.25) is 11.8 Å². The van der Waals surface area contributed by atoms with Crippen molar-refractivity contribution in [3.05, 3.63) is 60.3 Å². The van der Waals surface area contributed by atoms with Crippen LogP contribution in [-0.4, -0.2) is 73.9 Å². The molecule has 2 aliphatic carbocycles. The van der Waals surface area contributed by atoms with Crippen LogP contribution in [0.25, 0.3) is 33.4 Å². The van der Waals surface area contributed by atoms with Crippen molar-refractivity contribution >= 4 is 28.9 Å². The number of H-pyrrole nitrogens is 2. The average Bonchev–Trinajstić information content (AvgIpc) is 3.75. The fourth-order valence-electron chi connectivity index (χ4n) is 8.43. The standard InChI is InChI=1S/C41H51N7O4/c1-23(2)25(5)37(49)47-21-41(15-16-41)19-33(47)36-43-29-12-11-28(17-30(29)44-36)26-7-9-27(10-8-26)31-20-42-35(45-31)32-18-40(13-14-40)22-48(32)38(50)34(24(3)4)46-39(51)52-6/h7-12,17,20,23-25,32-34H,13-16,18-19,21-22H2,1-6H3,(H,42,45)(H,43,44)(H,46,51)/t25-,32-,33-,34-/m0/s1. The zero-order valence-electron chi connectivity index (χ0n) is 31.2. The second kappa shape index (κ2) is 12.8. The smallest absolute Gasteiger partial charge is 0.407 e. The minimum Gasteiger partial charge on any atom is -0.453 e. The van der Waals surface area contributed by atoms with Crippen LogP contribution < -0.4 is 5.32 Å². The SMILES string of the molecule is COC(=O)N[C@H](C(=O)N1CC2(CC2)C[C@H]1c1ncc(-c2ccc(-c3ccc4nc([C@@H]5CC6(CC6)CN5C(=O)[C@@H](C)C(C)C)[nH]c4c3)cc2)[nH]1)C(C)C. The lowest BCUT2D eigenvalue weighted by Crippen LogP contribution is -2.51. The molecular formula is C41H51N7O4. The first-order chi connectivity index (χ1) is 24.9. The number of benzene rings is 2. The van der Waals surface area contributed by atoms with Crippen LogP contribution in [0, 0.1) is 28.6 Å². The lowest BCUT2D eigenvalue weighted by atomic mass is 9.96. The number of hydrogen-bond acceptors (Lipinski definition) is 6. The van der Waals surface area contributed by atoms with Crippen LogP contribution >= 0.6 is 0 Å². The second-order valence-electron chi connectivity index (χ2n) is 16.9. The Kier molecular flexibility index (Phi) is 8.45. The molecule has 4 heterocycles. The lowest BCUT2D eigenvalue weighted by Gasteiger charge is -2.30. The first-order valence-electron chi connectivity index (χ1n) is 19.0. The molecule has 4 aliphatic rings. The van der Waals surface area contributed by atoms with Gasteiger partial charge in [0.05, 0.1) is 42.1 Å². The summed E-state index contributed by atoms with van der Waals surface area (Å²) in [6.07, 6.45) is 7.67. The van der Waals surface area contributed by atoms with Gasteiger partial charge in [-0.3, -0.25) is 9.59 Å². The number of alkyl carbamates (subject to hydrolysis) is 1. The monoisotopic (exact) mass is 705 g/mol. The molecule has 2 aromatic heterocycles. The summed E-state index contributed by atoms with van der Waals surface area (Å²) >= 11 is 0. The van der Waals surface area contributed by atoms with Crippen LogP contribution in [0.15, 0.2) is 48.7 Å². The molecule has 2 saturated carbocycles. The van der Waals surface area contributed by atoms with Crippen LogP contribution in [0.3, 0.4) is 0 Å². The van der Waals surface area contributed by atoms with E-state index in [9.17, 15) is 14.4 Å². The molecule has 4 atom stereocenters. The summed E-state index contributed by atoms with van der Waals surface area (Å²) in [6, 6.07) is 13.9. The van der Waals surface area contributed by atoms with Gasteiger partial charge in [-0.15, -0.1) is 0 Å². The summed E-state index contributed by atoms with van der Waals surface area (Å²) in [5.74, 6) is 1.99. The summed E-state index contributed by atoms with van der Waals surface area (Å²) < 4.78 is 4.81. The van der Waals surface area contributed by atoms with Gasteiger partial charge in [0, 0.05) is 19.0 Å².